The number of carboxylic acid groups (broad SMARTS) is 1. The highest BCUT2D eigenvalue weighted by Gasteiger charge is 2.10. The van der Waals surface area contributed by atoms with Crippen LogP contribution in [0.25, 0.3) is 11.1 Å². The number of nitrogens with one attached hydrogen (secondary N) is 1. The number of carbonyl (C=O) groups excluding carboxylic acids is 1. The molecule has 0 radical (unpaired) electrons. The Kier molecular flexibility index (Phi) is 7.81. The molecule has 1 amide bonds. The predicted molar refractivity (Wildman–Crippen MR) is 138 cm³/mol. The molecular weight excluding hydrogens is 462 g/mol. The molecule has 0 atom stereocenters. The first-order chi connectivity index (χ1) is 17.0. The maximum Gasteiger partial charge on any atom is 0.335 e. The summed E-state index contributed by atoms with van der Waals surface area (Å²) in [5.74, 6) is -0.520. The van der Waals surface area contributed by atoms with Crippen LogP contribution in [-0.4, -0.2) is 17.0 Å². The molecule has 0 saturated carbocycles. The van der Waals surface area contributed by atoms with Gasteiger partial charge in [0, 0.05) is 11.4 Å². The van der Waals surface area contributed by atoms with Crippen LogP contribution in [0.15, 0.2) is 97.1 Å². The monoisotopic (exact) mass is 485 g/mol. The summed E-state index contributed by atoms with van der Waals surface area (Å²) in [4.78, 5) is 23.7. The number of amides is 1. The number of halogens is 1. The Labute approximate surface area is 209 Å². The highest BCUT2D eigenvalue weighted by molar-refractivity contribution is 6.31. The Balaban J connectivity index is 1.34. The lowest BCUT2D eigenvalue weighted by Crippen LogP contribution is -2.13. The van der Waals surface area contributed by atoms with E-state index >= 15 is 0 Å². The van der Waals surface area contributed by atoms with Crippen LogP contribution in [0.1, 0.15) is 27.9 Å². The van der Waals surface area contributed by atoms with Crippen LogP contribution in [0.2, 0.25) is 5.02 Å². The molecule has 176 valence electrons. The number of carbonyl (C=O) groups is 2. The average molecular weight is 486 g/mol. The number of benzene rings is 4. The second-order valence-electron chi connectivity index (χ2n) is 8.04. The smallest absolute Gasteiger partial charge is 0.335 e. The zero-order valence-electron chi connectivity index (χ0n) is 18.9. The fraction of sp³-hybridized carbons (Fsp3) is 0.103. The molecule has 4 aromatic carbocycles. The summed E-state index contributed by atoms with van der Waals surface area (Å²) in [6.45, 7) is 0.386. The maximum atomic E-state index is 12.6. The molecule has 0 bridgehead atoms. The van der Waals surface area contributed by atoms with Gasteiger partial charge in [0.2, 0.25) is 5.91 Å². The minimum Gasteiger partial charge on any atom is -0.487 e. The van der Waals surface area contributed by atoms with Gasteiger partial charge >= 0.3 is 5.97 Å². The molecule has 6 heteroatoms. The van der Waals surface area contributed by atoms with Gasteiger partial charge in [0.1, 0.15) is 12.4 Å². The summed E-state index contributed by atoms with van der Waals surface area (Å²) in [5.41, 5.74) is 4.76. The second kappa shape index (κ2) is 11.4. The number of anilines is 1. The van der Waals surface area contributed by atoms with Gasteiger partial charge in [-0.25, -0.2) is 4.79 Å². The van der Waals surface area contributed by atoms with Crippen LogP contribution in [0.3, 0.4) is 0 Å². The van der Waals surface area contributed by atoms with Crippen LogP contribution in [0, 0.1) is 0 Å². The van der Waals surface area contributed by atoms with Gasteiger partial charge in [-0.15, -0.1) is 0 Å². The van der Waals surface area contributed by atoms with Crippen molar-refractivity contribution in [3.63, 3.8) is 0 Å². The zero-order valence-corrected chi connectivity index (χ0v) is 19.7. The number of hydrogen-bond acceptors (Lipinski definition) is 3. The first-order valence-electron chi connectivity index (χ1n) is 11.2. The van der Waals surface area contributed by atoms with E-state index in [1.807, 2.05) is 54.6 Å². The van der Waals surface area contributed by atoms with Crippen LogP contribution >= 0.6 is 11.6 Å². The molecule has 2 N–H and O–H groups in total. The summed E-state index contributed by atoms with van der Waals surface area (Å²) >= 11 is 6.14. The standard InChI is InChI=1S/C29H24ClNO4/c30-25-15-16-27(35-19-21-4-2-1-3-5-21)26(18-25)31-28(32)17-8-20-6-9-22(10-7-20)23-11-13-24(14-12-23)29(33)34/h1-7,9-16,18H,8,17,19H2,(H,31,32)(H,33,34). The van der Waals surface area contributed by atoms with Gasteiger partial charge in [-0.2, -0.15) is 0 Å². The fourth-order valence-electron chi connectivity index (χ4n) is 3.60. The SMILES string of the molecule is O=C(CCc1ccc(-c2ccc(C(=O)O)cc2)cc1)Nc1cc(Cl)ccc1OCc1ccccc1. The van der Waals surface area contributed by atoms with Gasteiger partial charge in [0.15, 0.2) is 0 Å². The summed E-state index contributed by atoms with van der Waals surface area (Å²) in [5, 5.41) is 12.5. The van der Waals surface area contributed by atoms with E-state index in [2.05, 4.69) is 5.32 Å². The lowest BCUT2D eigenvalue weighted by Gasteiger charge is -2.13. The molecule has 0 aromatic heterocycles. The number of aromatic carboxylic acids is 1. The van der Waals surface area contributed by atoms with Crippen molar-refractivity contribution in [3.05, 3.63) is 119 Å². The summed E-state index contributed by atoms with van der Waals surface area (Å²) < 4.78 is 5.91. The minimum atomic E-state index is -0.946. The van der Waals surface area contributed by atoms with Crippen molar-refractivity contribution in [1.29, 1.82) is 0 Å². The molecule has 0 aliphatic heterocycles. The van der Waals surface area contributed by atoms with E-state index in [-0.39, 0.29) is 11.5 Å². The van der Waals surface area contributed by atoms with Gasteiger partial charge in [-0.3, -0.25) is 4.79 Å². The Morgan fingerprint density at radius 1 is 0.800 bits per heavy atom. The van der Waals surface area contributed by atoms with Crippen molar-refractivity contribution < 1.29 is 19.4 Å². The molecule has 4 rings (SSSR count). The minimum absolute atomic E-state index is 0.134. The van der Waals surface area contributed by atoms with Crippen molar-refractivity contribution in [2.45, 2.75) is 19.4 Å². The lowest BCUT2D eigenvalue weighted by atomic mass is 10.0. The third-order valence-corrected chi connectivity index (χ3v) is 5.75. The molecule has 0 fully saturated rings. The van der Waals surface area contributed by atoms with Crippen molar-refractivity contribution in [2.24, 2.45) is 0 Å². The number of aryl methyl sites for hydroxylation is 1. The van der Waals surface area contributed by atoms with Crippen molar-refractivity contribution in [3.8, 4) is 16.9 Å². The predicted octanol–water partition coefficient (Wildman–Crippen LogP) is 6.86. The van der Waals surface area contributed by atoms with Crippen molar-refractivity contribution in [2.75, 3.05) is 5.32 Å². The molecular formula is C29H24ClNO4. The first-order valence-corrected chi connectivity index (χ1v) is 11.5. The molecule has 4 aromatic rings. The summed E-state index contributed by atoms with van der Waals surface area (Å²) in [7, 11) is 0. The Morgan fingerprint density at radius 3 is 2.11 bits per heavy atom. The van der Waals surface area contributed by atoms with Gasteiger partial charge in [0.25, 0.3) is 0 Å². The number of ether oxygens (including phenoxy) is 1. The van der Waals surface area contributed by atoms with Gasteiger partial charge < -0.3 is 15.2 Å². The molecule has 0 saturated heterocycles. The van der Waals surface area contributed by atoms with Crippen molar-refractivity contribution >= 4 is 29.2 Å². The van der Waals surface area contributed by atoms with Crippen molar-refractivity contribution in [1.82, 2.24) is 0 Å². The van der Waals surface area contributed by atoms with Gasteiger partial charge in [-0.1, -0.05) is 78.3 Å². The van der Waals surface area contributed by atoms with Crippen LogP contribution in [0.4, 0.5) is 5.69 Å². The Morgan fingerprint density at radius 2 is 1.46 bits per heavy atom. The number of carboxylic acids is 1. The normalized spacial score (nSPS) is 10.5. The number of hydrogen-bond donors (Lipinski definition) is 2. The Hall–Kier alpha value is -4.09. The van der Waals surface area contributed by atoms with Crippen LogP contribution in [0.5, 0.6) is 5.75 Å². The van der Waals surface area contributed by atoms with Crippen LogP contribution in [-0.2, 0) is 17.8 Å². The molecule has 0 aliphatic carbocycles. The molecule has 0 heterocycles. The molecule has 0 unspecified atom stereocenters. The largest absolute Gasteiger partial charge is 0.487 e. The van der Waals surface area contributed by atoms with E-state index in [1.54, 1.807) is 42.5 Å². The molecule has 0 aliphatic rings. The van der Waals surface area contributed by atoms with Crippen LogP contribution < -0.4 is 10.1 Å². The first kappa shape index (κ1) is 24.0. The highest BCUT2D eigenvalue weighted by Crippen LogP contribution is 2.29. The van der Waals surface area contributed by atoms with E-state index in [9.17, 15) is 9.59 Å². The van der Waals surface area contributed by atoms with E-state index in [4.69, 9.17) is 21.4 Å². The molecule has 0 spiro atoms. The third kappa shape index (κ3) is 6.71. The topological polar surface area (TPSA) is 75.6 Å². The zero-order chi connectivity index (χ0) is 24.6. The van der Waals surface area contributed by atoms with Gasteiger partial charge in [-0.05, 0) is 59.0 Å². The summed E-state index contributed by atoms with van der Waals surface area (Å²) in [6.07, 6.45) is 0.877. The van der Waals surface area contributed by atoms with E-state index in [1.165, 1.54) is 0 Å². The lowest BCUT2D eigenvalue weighted by molar-refractivity contribution is -0.116. The number of rotatable bonds is 9. The van der Waals surface area contributed by atoms with Gasteiger partial charge in [0.05, 0.1) is 11.3 Å². The highest BCUT2D eigenvalue weighted by atomic mass is 35.5. The quantitative estimate of drug-likeness (QED) is 0.271. The molecule has 35 heavy (non-hydrogen) atoms. The average Bonchev–Trinajstić information content (AvgIpc) is 2.88. The Bertz CT molecular complexity index is 1300. The van der Waals surface area contributed by atoms with E-state index < -0.39 is 5.97 Å². The summed E-state index contributed by atoms with van der Waals surface area (Å²) in [6, 6.07) is 29.6. The maximum absolute atomic E-state index is 12.6. The van der Waals surface area contributed by atoms with E-state index in [0.717, 1.165) is 22.3 Å². The third-order valence-electron chi connectivity index (χ3n) is 5.51. The second-order valence-corrected chi connectivity index (χ2v) is 8.48. The fourth-order valence-corrected chi connectivity index (χ4v) is 3.77. The molecule has 5 nitrogen and oxygen atoms in total. The van der Waals surface area contributed by atoms with E-state index in [0.29, 0.717) is 35.9 Å².